The second-order valence-electron chi connectivity index (χ2n) is 7.14. The average Bonchev–Trinajstić information content (AvgIpc) is 3.24. The van der Waals surface area contributed by atoms with Crippen LogP contribution in [0, 0.1) is 17.7 Å². The highest BCUT2D eigenvalue weighted by atomic mass is 35.5. The van der Waals surface area contributed by atoms with E-state index in [0.717, 1.165) is 47.9 Å². The number of carbonyl (C=O) groups is 1. The molecule has 2 N–H and O–H groups in total. The van der Waals surface area contributed by atoms with Crippen LogP contribution in [0.1, 0.15) is 4.88 Å². The lowest BCUT2D eigenvalue weighted by atomic mass is 10.3. The second-order valence-corrected chi connectivity index (χ2v) is 8.58. The Morgan fingerprint density at radius 2 is 2.15 bits per heavy atom. The van der Waals surface area contributed by atoms with Gasteiger partial charge in [-0.1, -0.05) is 29.5 Å². The molecule has 10 heteroatoms. The van der Waals surface area contributed by atoms with Crippen LogP contribution in [0.5, 0.6) is 0 Å². The van der Waals surface area contributed by atoms with E-state index < -0.39 is 5.82 Å². The summed E-state index contributed by atoms with van der Waals surface area (Å²) in [5.41, 5.74) is 0.615. The minimum atomic E-state index is -0.483. The highest BCUT2D eigenvalue weighted by molar-refractivity contribution is 7.19. The van der Waals surface area contributed by atoms with Gasteiger partial charge in [-0.2, -0.15) is 0 Å². The molecule has 0 aliphatic carbocycles. The van der Waals surface area contributed by atoms with Crippen LogP contribution in [-0.4, -0.2) is 60.2 Å². The van der Waals surface area contributed by atoms with E-state index in [9.17, 15) is 9.18 Å². The van der Waals surface area contributed by atoms with Gasteiger partial charge in [0.1, 0.15) is 22.8 Å². The summed E-state index contributed by atoms with van der Waals surface area (Å²) in [7, 11) is 0. The number of hydrogen-bond donors (Lipinski definition) is 2. The highest BCUT2D eigenvalue weighted by Crippen LogP contribution is 2.30. The van der Waals surface area contributed by atoms with Gasteiger partial charge >= 0.3 is 0 Å². The van der Waals surface area contributed by atoms with Crippen molar-refractivity contribution in [2.24, 2.45) is 0 Å². The first-order valence-electron chi connectivity index (χ1n) is 10.3. The molecule has 1 saturated heterocycles. The van der Waals surface area contributed by atoms with E-state index in [1.807, 2.05) is 12.1 Å². The molecule has 0 bridgehead atoms. The van der Waals surface area contributed by atoms with E-state index in [4.69, 9.17) is 16.3 Å². The summed E-state index contributed by atoms with van der Waals surface area (Å²) in [6.07, 6.45) is 4.83. The van der Waals surface area contributed by atoms with Gasteiger partial charge in [0.25, 0.3) is 0 Å². The number of fused-ring (bicyclic) bond motifs is 1. The van der Waals surface area contributed by atoms with Crippen molar-refractivity contribution in [3.05, 3.63) is 58.5 Å². The largest absolute Gasteiger partial charge is 0.379 e. The molecule has 7 nitrogen and oxygen atoms in total. The summed E-state index contributed by atoms with van der Waals surface area (Å²) in [5.74, 6) is 5.92. The van der Waals surface area contributed by atoms with Crippen molar-refractivity contribution in [1.82, 2.24) is 20.2 Å². The quantitative estimate of drug-likeness (QED) is 0.410. The van der Waals surface area contributed by atoms with Crippen LogP contribution in [0.15, 0.2) is 42.7 Å². The molecule has 0 radical (unpaired) electrons. The number of amides is 1. The van der Waals surface area contributed by atoms with Gasteiger partial charge in [0, 0.05) is 31.4 Å². The summed E-state index contributed by atoms with van der Waals surface area (Å²) in [6, 6.07) is 6.25. The predicted octanol–water partition coefficient (Wildman–Crippen LogP) is 3.58. The van der Waals surface area contributed by atoms with Gasteiger partial charge in [-0.25, -0.2) is 14.4 Å². The van der Waals surface area contributed by atoms with E-state index in [2.05, 4.69) is 37.3 Å². The Labute approximate surface area is 199 Å². The van der Waals surface area contributed by atoms with Crippen molar-refractivity contribution in [2.75, 3.05) is 44.7 Å². The van der Waals surface area contributed by atoms with Crippen LogP contribution in [0.3, 0.4) is 0 Å². The lowest BCUT2D eigenvalue weighted by Crippen LogP contribution is -2.36. The lowest BCUT2D eigenvalue weighted by molar-refractivity contribution is -0.116. The number of aromatic nitrogens is 2. The minimum Gasteiger partial charge on any atom is -0.379 e. The Bertz CT molecular complexity index is 1230. The molecule has 3 aromatic rings. The first-order valence-corrected chi connectivity index (χ1v) is 11.5. The van der Waals surface area contributed by atoms with Crippen LogP contribution in [0.2, 0.25) is 5.02 Å². The van der Waals surface area contributed by atoms with Gasteiger partial charge in [-0.15, -0.1) is 11.3 Å². The maximum absolute atomic E-state index is 13.4. The number of halogens is 2. The van der Waals surface area contributed by atoms with E-state index in [0.29, 0.717) is 11.5 Å². The number of nitrogens with zero attached hydrogens (tertiary/aromatic N) is 3. The van der Waals surface area contributed by atoms with Gasteiger partial charge in [0.2, 0.25) is 5.91 Å². The second kappa shape index (κ2) is 11.2. The number of carbonyl (C=O) groups excluding carboxylic acids is 1. The monoisotopic (exact) mass is 485 g/mol. The zero-order valence-corrected chi connectivity index (χ0v) is 19.2. The maximum atomic E-state index is 13.4. The van der Waals surface area contributed by atoms with Crippen LogP contribution in [-0.2, 0) is 9.53 Å². The number of benzene rings is 1. The molecule has 0 saturated carbocycles. The fraction of sp³-hybridized carbons (Fsp3) is 0.261. The predicted molar refractivity (Wildman–Crippen MR) is 128 cm³/mol. The summed E-state index contributed by atoms with van der Waals surface area (Å²) in [6.45, 7) is 4.19. The molecule has 1 aliphatic heterocycles. The number of nitrogens with one attached hydrogen (secondary N) is 2. The Morgan fingerprint density at radius 1 is 1.30 bits per heavy atom. The van der Waals surface area contributed by atoms with E-state index in [-0.39, 0.29) is 17.5 Å². The van der Waals surface area contributed by atoms with Gasteiger partial charge in [0.15, 0.2) is 0 Å². The Balaban J connectivity index is 1.33. The van der Waals surface area contributed by atoms with Gasteiger partial charge in [0.05, 0.1) is 35.0 Å². The van der Waals surface area contributed by atoms with Gasteiger partial charge in [-0.3, -0.25) is 9.69 Å². The average molecular weight is 486 g/mol. The van der Waals surface area contributed by atoms with Crippen LogP contribution in [0.4, 0.5) is 15.9 Å². The molecule has 1 amide bonds. The first-order chi connectivity index (χ1) is 16.1. The molecule has 4 rings (SSSR count). The van der Waals surface area contributed by atoms with Crippen molar-refractivity contribution < 1.29 is 13.9 Å². The van der Waals surface area contributed by atoms with E-state index in [1.165, 1.54) is 35.9 Å². The van der Waals surface area contributed by atoms with Crippen molar-refractivity contribution in [2.45, 2.75) is 0 Å². The van der Waals surface area contributed by atoms with Crippen molar-refractivity contribution in [3.63, 3.8) is 0 Å². The smallest absolute Gasteiger partial charge is 0.244 e. The molecule has 2 aromatic heterocycles. The topological polar surface area (TPSA) is 79.4 Å². The van der Waals surface area contributed by atoms with E-state index >= 15 is 0 Å². The third-order valence-corrected chi connectivity index (χ3v) is 6.06. The molecule has 0 spiro atoms. The fourth-order valence-electron chi connectivity index (χ4n) is 3.14. The number of morpholine rings is 1. The number of thiophene rings is 1. The van der Waals surface area contributed by atoms with Crippen LogP contribution in [0.25, 0.3) is 10.2 Å². The van der Waals surface area contributed by atoms with Crippen molar-refractivity contribution in [3.8, 4) is 11.8 Å². The third kappa shape index (κ3) is 6.49. The summed E-state index contributed by atoms with van der Waals surface area (Å²) >= 11 is 7.28. The molecule has 1 aliphatic rings. The summed E-state index contributed by atoms with van der Waals surface area (Å²) in [5, 5.41) is 6.71. The minimum absolute atomic E-state index is 0.0279. The molecule has 3 heterocycles. The van der Waals surface area contributed by atoms with Gasteiger partial charge in [-0.05, 0) is 24.3 Å². The molecule has 0 atom stereocenters. The molecule has 0 unspecified atom stereocenters. The SMILES string of the molecule is O=C(/C=C/CN1CCOCC1)NCC#Cc1cc2c(Nc3ccc(F)c(Cl)c3)ncnc2s1. The molecular formula is C23H21ClFN5O2S. The summed E-state index contributed by atoms with van der Waals surface area (Å²) < 4.78 is 18.7. The fourth-order valence-corrected chi connectivity index (χ4v) is 4.20. The Morgan fingerprint density at radius 3 is 2.97 bits per heavy atom. The molecule has 1 fully saturated rings. The normalized spacial score (nSPS) is 14.2. The van der Waals surface area contributed by atoms with E-state index in [1.54, 1.807) is 6.07 Å². The van der Waals surface area contributed by atoms with Crippen molar-refractivity contribution in [1.29, 1.82) is 0 Å². The molecule has 33 heavy (non-hydrogen) atoms. The maximum Gasteiger partial charge on any atom is 0.244 e. The number of ether oxygens (including phenoxy) is 1. The first kappa shape index (κ1) is 23.1. The molecular weight excluding hydrogens is 465 g/mol. The van der Waals surface area contributed by atoms with Gasteiger partial charge < -0.3 is 15.4 Å². The number of rotatable bonds is 6. The van der Waals surface area contributed by atoms with Crippen LogP contribution >= 0.6 is 22.9 Å². The molecule has 170 valence electrons. The number of anilines is 2. The lowest BCUT2D eigenvalue weighted by Gasteiger charge is -2.24. The van der Waals surface area contributed by atoms with Crippen molar-refractivity contribution >= 4 is 50.6 Å². The number of hydrogen-bond acceptors (Lipinski definition) is 7. The zero-order valence-electron chi connectivity index (χ0n) is 17.6. The van der Waals surface area contributed by atoms with Crippen LogP contribution < -0.4 is 10.6 Å². The highest BCUT2D eigenvalue weighted by Gasteiger charge is 2.10. The third-order valence-electron chi connectivity index (χ3n) is 4.81. The Kier molecular flexibility index (Phi) is 7.86. The molecule has 1 aromatic carbocycles. The Hall–Kier alpha value is -3.03. The standard InChI is InChI=1S/C23H21ClFN5O2S/c24-19-13-16(5-6-20(19)25)29-22-18-14-17(33-23(18)28-15-27-22)3-1-7-26-21(31)4-2-8-30-9-11-32-12-10-30/h2,4-6,13-15H,7-12H2,(H,26,31)(H,27,28,29)/b4-2+. The zero-order chi connectivity index (χ0) is 23.0. The summed E-state index contributed by atoms with van der Waals surface area (Å²) in [4.78, 5) is 24.3.